The number of hydrogen-bond acceptors (Lipinski definition) is 4. The first-order valence-electron chi connectivity index (χ1n) is 5.44. The molecule has 1 aromatic carbocycles. The summed E-state index contributed by atoms with van der Waals surface area (Å²) in [6.07, 6.45) is 1.90. The lowest BCUT2D eigenvalue weighted by atomic mass is 10.0. The second kappa shape index (κ2) is 5.27. The number of rotatable bonds is 4. The largest absolute Gasteiger partial charge is 0.496 e. The molecule has 5 nitrogen and oxygen atoms in total. The average Bonchev–Trinajstić information content (AvgIpc) is 2.40. The third kappa shape index (κ3) is 2.45. The van der Waals surface area contributed by atoms with E-state index in [2.05, 4.69) is 10.2 Å². The Morgan fingerprint density at radius 3 is 2.83 bits per heavy atom. The smallest absolute Gasteiger partial charge is 0.250 e. The Bertz CT molecular complexity index is 570. The van der Waals surface area contributed by atoms with E-state index in [4.69, 9.17) is 10.5 Å². The van der Waals surface area contributed by atoms with Crippen molar-refractivity contribution in [2.45, 2.75) is 6.42 Å². The molecule has 0 spiro atoms. The van der Waals surface area contributed by atoms with E-state index in [-0.39, 0.29) is 0 Å². The van der Waals surface area contributed by atoms with Crippen LogP contribution in [0, 0.1) is 0 Å². The standard InChI is InChI=1S/C13H13N3O2/c1-18-12-5-3-2-4-9(12)8-11-10(13(14)17)6-7-15-16-11/h2-7H,8H2,1H3,(H2,14,17). The molecule has 0 fully saturated rings. The molecule has 2 N–H and O–H groups in total. The van der Waals surface area contributed by atoms with Gasteiger partial charge in [-0.2, -0.15) is 10.2 Å². The Morgan fingerprint density at radius 2 is 2.11 bits per heavy atom. The van der Waals surface area contributed by atoms with Crippen LogP contribution in [-0.2, 0) is 6.42 Å². The molecule has 0 aliphatic heterocycles. The quantitative estimate of drug-likeness (QED) is 0.874. The molecule has 2 rings (SSSR count). The fourth-order valence-corrected chi connectivity index (χ4v) is 1.75. The van der Waals surface area contributed by atoms with E-state index in [9.17, 15) is 4.79 Å². The zero-order valence-electron chi connectivity index (χ0n) is 9.96. The van der Waals surface area contributed by atoms with Crippen LogP contribution < -0.4 is 10.5 Å². The molecule has 18 heavy (non-hydrogen) atoms. The summed E-state index contributed by atoms with van der Waals surface area (Å²) >= 11 is 0. The predicted molar refractivity (Wildman–Crippen MR) is 66.3 cm³/mol. The number of para-hydroxylation sites is 1. The van der Waals surface area contributed by atoms with Crippen LogP contribution in [0.4, 0.5) is 0 Å². The highest BCUT2D eigenvalue weighted by molar-refractivity contribution is 5.93. The molecule has 0 saturated carbocycles. The first kappa shape index (κ1) is 12.0. The molecule has 0 saturated heterocycles. The summed E-state index contributed by atoms with van der Waals surface area (Å²) in [5.41, 5.74) is 7.17. The van der Waals surface area contributed by atoms with Gasteiger partial charge in [0.1, 0.15) is 5.75 Å². The number of benzene rings is 1. The lowest BCUT2D eigenvalue weighted by Crippen LogP contribution is -2.15. The summed E-state index contributed by atoms with van der Waals surface area (Å²) in [6.45, 7) is 0. The topological polar surface area (TPSA) is 78.1 Å². The van der Waals surface area contributed by atoms with Crippen LogP contribution in [0.25, 0.3) is 0 Å². The number of amides is 1. The van der Waals surface area contributed by atoms with E-state index in [0.717, 1.165) is 11.3 Å². The van der Waals surface area contributed by atoms with Gasteiger partial charge < -0.3 is 10.5 Å². The van der Waals surface area contributed by atoms with Crippen LogP contribution in [0.15, 0.2) is 36.5 Å². The average molecular weight is 243 g/mol. The van der Waals surface area contributed by atoms with Crippen molar-refractivity contribution in [3.8, 4) is 5.75 Å². The molecule has 0 atom stereocenters. The van der Waals surface area contributed by atoms with Crippen LogP contribution in [0.5, 0.6) is 5.75 Å². The fraction of sp³-hybridized carbons (Fsp3) is 0.154. The van der Waals surface area contributed by atoms with Gasteiger partial charge in [0.2, 0.25) is 0 Å². The van der Waals surface area contributed by atoms with Crippen molar-refractivity contribution >= 4 is 5.91 Å². The van der Waals surface area contributed by atoms with E-state index in [0.29, 0.717) is 17.7 Å². The Hall–Kier alpha value is -2.43. The van der Waals surface area contributed by atoms with Crippen LogP contribution >= 0.6 is 0 Å². The van der Waals surface area contributed by atoms with E-state index in [1.165, 1.54) is 6.20 Å². The number of primary amides is 1. The van der Waals surface area contributed by atoms with Gasteiger partial charge in [0, 0.05) is 12.0 Å². The highest BCUT2D eigenvalue weighted by atomic mass is 16.5. The minimum atomic E-state index is -0.505. The van der Waals surface area contributed by atoms with Crippen molar-refractivity contribution in [3.63, 3.8) is 0 Å². The van der Waals surface area contributed by atoms with E-state index >= 15 is 0 Å². The SMILES string of the molecule is COc1ccccc1Cc1nnccc1C(N)=O. The molecule has 1 amide bonds. The molecule has 0 aliphatic carbocycles. The van der Waals surface area contributed by atoms with Crippen molar-refractivity contribution < 1.29 is 9.53 Å². The second-order valence-corrected chi connectivity index (χ2v) is 3.74. The minimum absolute atomic E-state index is 0.385. The molecule has 2 aromatic rings. The summed E-state index contributed by atoms with van der Waals surface area (Å²) in [6, 6.07) is 9.13. The number of methoxy groups -OCH3 is 1. The molecule has 0 radical (unpaired) electrons. The summed E-state index contributed by atoms with van der Waals surface area (Å²) in [4.78, 5) is 11.3. The number of nitrogens with two attached hydrogens (primary N) is 1. The minimum Gasteiger partial charge on any atom is -0.496 e. The second-order valence-electron chi connectivity index (χ2n) is 3.74. The van der Waals surface area contributed by atoms with Gasteiger partial charge in [-0.05, 0) is 12.1 Å². The van der Waals surface area contributed by atoms with Crippen molar-refractivity contribution in [1.82, 2.24) is 10.2 Å². The highest BCUT2D eigenvalue weighted by Gasteiger charge is 2.12. The number of carbonyl (C=O) groups excluding carboxylic acids is 1. The zero-order chi connectivity index (χ0) is 13.0. The van der Waals surface area contributed by atoms with Gasteiger partial charge in [0.25, 0.3) is 5.91 Å². The van der Waals surface area contributed by atoms with Crippen LogP contribution in [-0.4, -0.2) is 23.2 Å². The van der Waals surface area contributed by atoms with Gasteiger partial charge in [-0.15, -0.1) is 0 Å². The summed E-state index contributed by atoms with van der Waals surface area (Å²) in [7, 11) is 1.60. The lowest BCUT2D eigenvalue weighted by molar-refractivity contribution is 0.0999. The van der Waals surface area contributed by atoms with Crippen molar-refractivity contribution in [1.29, 1.82) is 0 Å². The van der Waals surface area contributed by atoms with Gasteiger partial charge >= 0.3 is 0 Å². The van der Waals surface area contributed by atoms with Crippen LogP contribution in [0.2, 0.25) is 0 Å². The summed E-state index contributed by atoms with van der Waals surface area (Å²) in [5, 5.41) is 7.75. The van der Waals surface area contributed by atoms with Gasteiger partial charge in [0.15, 0.2) is 0 Å². The Morgan fingerprint density at radius 1 is 1.33 bits per heavy atom. The maximum atomic E-state index is 11.3. The van der Waals surface area contributed by atoms with Crippen LogP contribution in [0.1, 0.15) is 21.6 Å². The molecular weight excluding hydrogens is 230 g/mol. The van der Waals surface area contributed by atoms with Gasteiger partial charge in [-0.3, -0.25) is 4.79 Å². The molecule has 0 unspecified atom stereocenters. The molecule has 1 heterocycles. The highest BCUT2D eigenvalue weighted by Crippen LogP contribution is 2.21. The molecule has 92 valence electrons. The first-order valence-corrected chi connectivity index (χ1v) is 5.44. The number of aromatic nitrogens is 2. The van der Waals surface area contributed by atoms with E-state index in [1.54, 1.807) is 13.2 Å². The monoisotopic (exact) mass is 243 g/mol. The normalized spacial score (nSPS) is 10.1. The Labute approximate surface area is 105 Å². The number of carbonyl (C=O) groups is 1. The lowest BCUT2D eigenvalue weighted by Gasteiger charge is -2.08. The zero-order valence-corrected chi connectivity index (χ0v) is 9.96. The number of ether oxygens (including phenoxy) is 1. The van der Waals surface area contributed by atoms with Crippen LogP contribution in [0.3, 0.4) is 0 Å². The molecule has 0 aliphatic rings. The molecule has 5 heteroatoms. The number of hydrogen-bond donors (Lipinski definition) is 1. The summed E-state index contributed by atoms with van der Waals surface area (Å²) in [5.74, 6) is 0.244. The van der Waals surface area contributed by atoms with Crippen molar-refractivity contribution in [2.24, 2.45) is 5.73 Å². The third-order valence-electron chi connectivity index (χ3n) is 2.61. The van der Waals surface area contributed by atoms with E-state index in [1.807, 2.05) is 24.3 Å². The van der Waals surface area contributed by atoms with Gasteiger partial charge in [-0.25, -0.2) is 0 Å². The number of nitrogens with zero attached hydrogens (tertiary/aromatic N) is 2. The third-order valence-corrected chi connectivity index (χ3v) is 2.61. The van der Waals surface area contributed by atoms with Gasteiger partial charge in [-0.1, -0.05) is 18.2 Å². The molecule has 1 aromatic heterocycles. The van der Waals surface area contributed by atoms with Crippen molar-refractivity contribution in [3.05, 3.63) is 53.3 Å². The van der Waals surface area contributed by atoms with E-state index < -0.39 is 5.91 Å². The van der Waals surface area contributed by atoms with Gasteiger partial charge in [0.05, 0.1) is 24.6 Å². The summed E-state index contributed by atoms with van der Waals surface area (Å²) < 4.78 is 5.25. The molecule has 0 bridgehead atoms. The predicted octanol–water partition coefficient (Wildman–Crippen LogP) is 1.17. The Balaban J connectivity index is 2.37. The Kier molecular flexibility index (Phi) is 3.52. The maximum absolute atomic E-state index is 11.3. The molecular formula is C13H13N3O2. The van der Waals surface area contributed by atoms with Crippen molar-refractivity contribution in [2.75, 3.05) is 7.11 Å². The maximum Gasteiger partial charge on any atom is 0.250 e. The fourth-order valence-electron chi connectivity index (χ4n) is 1.75. The first-order chi connectivity index (χ1) is 8.72.